The van der Waals surface area contributed by atoms with Crippen LogP contribution in [0.15, 0.2) is 22.0 Å². The van der Waals surface area contributed by atoms with Crippen LogP contribution in [0.2, 0.25) is 0 Å². The molecule has 0 saturated heterocycles. The van der Waals surface area contributed by atoms with Gasteiger partial charge in [-0.15, -0.1) is 0 Å². The summed E-state index contributed by atoms with van der Waals surface area (Å²) in [5, 5.41) is 10.8. The summed E-state index contributed by atoms with van der Waals surface area (Å²) in [5.41, 5.74) is 2.66. The zero-order valence-corrected chi connectivity index (χ0v) is 14.2. The Bertz CT molecular complexity index is 873. The van der Waals surface area contributed by atoms with Crippen LogP contribution in [0.25, 0.3) is 11.2 Å². The summed E-state index contributed by atoms with van der Waals surface area (Å²) in [6.45, 7) is 8.68. The number of fused-ring (bicyclic) bond motifs is 3. The van der Waals surface area contributed by atoms with E-state index in [4.69, 9.17) is 0 Å². The van der Waals surface area contributed by atoms with Crippen molar-refractivity contribution in [2.24, 2.45) is 12.1 Å². The molecule has 2 aromatic heterocycles. The third kappa shape index (κ3) is 2.27. The fourth-order valence-corrected chi connectivity index (χ4v) is 2.89. The fraction of sp³-hybridized carbons (Fsp3) is 0.500. The second-order valence-electron chi connectivity index (χ2n) is 5.76. The highest BCUT2D eigenvalue weighted by atomic mass is 16.1. The number of hydrazone groups is 1. The average molecular weight is 314 g/mol. The predicted octanol–water partition coefficient (Wildman–Crippen LogP) is 2.03. The minimum atomic E-state index is -0.0486. The van der Waals surface area contributed by atoms with E-state index in [0.29, 0.717) is 35.8 Å². The molecule has 0 spiro atoms. The molecule has 0 fully saturated rings. The second kappa shape index (κ2) is 5.64. The van der Waals surface area contributed by atoms with E-state index in [2.05, 4.69) is 15.2 Å². The van der Waals surface area contributed by atoms with Crippen molar-refractivity contribution in [3.05, 3.63) is 28.1 Å². The molecular weight excluding hydrogens is 292 g/mol. The van der Waals surface area contributed by atoms with Gasteiger partial charge in [0, 0.05) is 20.0 Å². The van der Waals surface area contributed by atoms with Gasteiger partial charge in [-0.3, -0.25) is 9.36 Å². The van der Waals surface area contributed by atoms with Crippen LogP contribution in [0.5, 0.6) is 0 Å². The molecule has 7 nitrogen and oxygen atoms in total. The Hall–Kier alpha value is -2.44. The minimum Gasteiger partial charge on any atom is -0.295 e. The summed E-state index contributed by atoms with van der Waals surface area (Å²) in [5.74, 6) is 0.707. The lowest BCUT2D eigenvalue weighted by Crippen LogP contribution is -2.32. The number of nitrogens with zero attached hydrogens (tertiary/aromatic N) is 6. The van der Waals surface area contributed by atoms with Crippen LogP contribution in [0.1, 0.15) is 39.4 Å². The lowest BCUT2D eigenvalue weighted by Gasteiger charge is -2.28. The van der Waals surface area contributed by atoms with Gasteiger partial charge < -0.3 is 0 Å². The van der Waals surface area contributed by atoms with Gasteiger partial charge in [-0.25, -0.2) is 9.69 Å². The molecule has 0 saturated carbocycles. The first-order valence-corrected chi connectivity index (χ1v) is 7.91. The quantitative estimate of drug-likeness (QED) is 0.813. The van der Waals surface area contributed by atoms with Crippen LogP contribution in [0, 0.1) is 0 Å². The number of hydrogen-bond acceptors (Lipinski definition) is 5. The van der Waals surface area contributed by atoms with Crippen LogP contribution in [0.4, 0.5) is 5.95 Å². The van der Waals surface area contributed by atoms with Crippen LogP contribution in [-0.4, -0.2) is 31.6 Å². The highest BCUT2D eigenvalue weighted by Gasteiger charge is 2.29. The highest BCUT2D eigenvalue weighted by Crippen LogP contribution is 2.29. The molecule has 0 N–H and O–H groups in total. The van der Waals surface area contributed by atoms with Gasteiger partial charge in [0.2, 0.25) is 11.4 Å². The van der Waals surface area contributed by atoms with Gasteiger partial charge in [0.15, 0.2) is 5.65 Å². The van der Waals surface area contributed by atoms with Crippen molar-refractivity contribution >= 4 is 22.8 Å². The van der Waals surface area contributed by atoms with Crippen molar-refractivity contribution in [2.75, 3.05) is 11.6 Å². The molecule has 0 amide bonds. The standard InChI is InChI=1S/C16H22N6O/c1-6-8-9-12-14(23)13-15(20(5)19-12)17-16-21(7-2)18-10(3)11(4)22(13)16/h6,8,11H,7,9H2,1-5H3/b8-6+. The van der Waals surface area contributed by atoms with Gasteiger partial charge in [-0.2, -0.15) is 15.2 Å². The predicted molar refractivity (Wildman–Crippen MR) is 92.1 cm³/mol. The van der Waals surface area contributed by atoms with Crippen molar-refractivity contribution in [3.63, 3.8) is 0 Å². The Morgan fingerprint density at radius 2 is 2.09 bits per heavy atom. The topological polar surface area (TPSA) is 68.3 Å². The van der Waals surface area contributed by atoms with Gasteiger partial charge in [0.1, 0.15) is 11.2 Å². The fourth-order valence-electron chi connectivity index (χ4n) is 2.89. The first-order valence-electron chi connectivity index (χ1n) is 7.91. The Morgan fingerprint density at radius 1 is 1.35 bits per heavy atom. The molecule has 1 aliphatic rings. The van der Waals surface area contributed by atoms with Gasteiger partial charge in [0.05, 0.1) is 11.8 Å². The number of hydrogen-bond donors (Lipinski definition) is 0. The Morgan fingerprint density at radius 3 is 2.74 bits per heavy atom. The summed E-state index contributed by atoms with van der Waals surface area (Å²) in [4.78, 5) is 17.6. The van der Waals surface area contributed by atoms with Crippen molar-refractivity contribution in [2.45, 2.75) is 40.2 Å². The van der Waals surface area contributed by atoms with Crippen LogP contribution < -0.4 is 10.4 Å². The summed E-state index contributed by atoms with van der Waals surface area (Å²) in [7, 11) is 1.83. The molecule has 7 heteroatoms. The minimum absolute atomic E-state index is 0.00228. The molecule has 23 heavy (non-hydrogen) atoms. The molecule has 0 aliphatic carbocycles. The molecule has 1 aliphatic heterocycles. The van der Waals surface area contributed by atoms with Gasteiger partial charge in [-0.1, -0.05) is 12.2 Å². The normalized spacial score (nSPS) is 17.9. The van der Waals surface area contributed by atoms with Gasteiger partial charge in [0.25, 0.3) is 0 Å². The molecule has 1 unspecified atom stereocenters. The van der Waals surface area contributed by atoms with E-state index >= 15 is 0 Å². The van der Waals surface area contributed by atoms with E-state index in [1.807, 2.05) is 56.5 Å². The number of anilines is 1. The Kier molecular flexibility index (Phi) is 3.79. The zero-order chi connectivity index (χ0) is 16.7. The van der Waals surface area contributed by atoms with Crippen LogP contribution in [0.3, 0.4) is 0 Å². The van der Waals surface area contributed by atoms with E-state index in [1.54, 1.807) is 4.68 Å². The zero-order valence-electron chi connectivity index (χ0n) is 14.2. The summed E-state index contributed by atoms with van der Waals surface area (Å²) >= 11 is 0. The van der Waals surface area contributed by atoms with Crippen molar-refractivity contribution < 1.29 is 0 Å². The molecule has 122 valence electrons. The third-order valence-electron chi connectivity index (χ3n) is 4.28. The number of imidazole rings is 1. The average Bonchev–Trinajstić information content (AvgIpc) is 2.94. The number of aromatic nitrogens is 4. The van der Waals surface area contributed by atoms with Gasteiger partial charge >= 0.3 is 0 Å². The van der Waals surface area contributed by atoms with E-state index < -0.39 is 0 Å². The van der Waals surface area contributed by atoms with Crippen molar-refractivity contribution in [1.82, 2.24) is 19.3 Å². The molecule has 0 bridgehead atoms. The molecule has 1 atom stereocenters. The Balaban J connectivity index is 2.34. The third-order valence-corrected chi connectivity index (χ3v) is 4.28. The van der Waals surface area contributed by atoms with Crippen molar-refractivity contribution in [1.29, 1.82) is 0 Å². The monoisotopic (exact) mass is 314 g/mol. The molecule has 2 aromatic rings. The van der Waals surface area contributed by atoms with Crippen LogP contribution in [-0.2, 0) is 13.5 Å². The van der Waals surface area contributed by atoms with Crippen LogP contribution >= 0.6 is 0 Å². The number of rotatable bonds is 3. The lowest BCUT2D eigenvalue weighted by molar-refractivity contribution is 0.646. The van der Waals surface area contributed by atoms with E-state index in [1.165, 1.54) is 0 Å². The SMILES string of the molecule is C/C=C/Cc1nn(C)c2nc3n(c2c1=O)C(C)C(C)=NN3CC. The van der Waals surface area contributed by atoms with E-state index in [9.17, 15) is 4.79 Å². The number of aryl methyl sites for hydroxylation is 1. The maximum Gasteiger partial charge on any atom is 0.229 e. The second-order valence-corrected chi connectivity index (χ2v) is 5.76. The van der Waals surface area contributed by atoms with E-state index in [0.717, 1.165) is 5.71 Å². The molecule has 3 rings (SSSR count). The molecule has 0 aromatic carbocycles. The van der Waals surface area contributed by atoms with Crippen molar-refractivity contribution in [3.8, 4) is 0 Å². The van der Waals surface area contributed by atoms with E-state index in [-0.39, 0.29) is 11.5 Å². The maximum absolute atomic E-state index is 12.9. The largest absolute Gasteiger partial charge is 0.295 e. The molecule has 3 heterocycles. The Labute approximate surface area is 134 Å². The maximum atomic E-state index is 12.9. The lowest BCUT2D eigenvalue weighted by atomic mass is 10.2. The smallest absolute Gasteiger partial charge is 0.229 e. The summed E-state index contributed by atoms with van der Waals surface area (Å²) in [6, 6.07) is 0.00228. The highest BCUT2D eigenvalue weighted by molar-refractivity contribution is 5.91. The first kappa shape index (κ1) is 15.5. The molecular formula is C16H22N6O. The molecule has 0 radical (unpaired) electrons. The number of allylic oxidation sites excluding steroid dienone is 2. The summed E-state index contributed by atoms with van der Waals surface area (Å²) in [6.07, 6.45) is 4.39. The first-order chi connectivity index (χ1) is 11.0. The van der Waals surface area contributed by atoms with Gasteiger partial charge in [-0.05, 0) is 27.7 Å². The summed E-state index contributed by atoms with van der Waals surface area (Å²) < 4.78 is 3.68.